The van der Waals surface area contributed by atoms with Gasteiger partial charge in [-0.15, -0.1) is 35.3 Å². The van der Waals surface area contributed by atoms with E-state index in [2.05, 4.69) is 39.8 Å². The maximum Gasteiger partial charge on any atom is 0.224 e. The van der Waals surface area contributed by atoms with Gasteiger partial charge in [0, 0.05) is 36.5 Å². The number of halogens is 1. The first-order valence-electron chi connectivity index (χ1n) is 10.2. The van der Waals surface area contributed by atoms with E-state index in [9.17, 15) is 4.79 Å². The third-order valence-corrected chi connectivity index (χ3v) is 5.41. The van der Waals surface area contributed by atoms with E-state index in [-0.39, 0.29) is 29.9 Å². The van der Waals surface area contributed by atoms with Crippen molar-refractivity contribution in [3.8, 4) is 0 Å². The molecule has 0 bridgehead atoms. The molecule has 6 nitrogen and oxygen atoms in total. The van der Waals surface area contributed by atoms with Gasteiger partial charge in [-0.2, -0.15) is 0 Å². The van der Waals surface area contributed by atoms with Gasteiger partial charge in [-0.05, 0) is 44.4 Å². The summed E-state index contributed by atoms with van der Waals surface area (Å²) in [4.78, 5) is 22.5. The van der Waals surface area contributed by atoms with E-state index in [1.54, 1.807) is 11.3 Å². The minimum absolute atomic E-state index is 0. The van der Waals surface area contributed by atoms with Crippen LogP contribution < -0.4 is 16.0 Å². The van der Waals surface area contributed by atoms with Crippen LogP contribution in [0, 0.1) is 19.8 Å². The quantitative estimate of drug-likeness (QED) is 0.244. The van der Waals surface area contributed by atoms with Crippen LogP contribution in [0.2, 0.25) is 0 Å². The summed E-state index contributed by atoms with van der Waals surface area (Å²) in [5.74, 6) is 1.17. The monoisotopic (exact) mass is 543 g/mol. The second kappa shape index (κ2) is 13.6. The zero-order valence-electron chi connectivity index (χ0n) is 18.5. The number of hydrogen-bond acceptors (Lipinski definition) is 4. The number of thiazole rings is 1. The van der Waals surface area contributed by atoms with Crippen LogP contribution in [0.3, 0.4) is 0 Å². The number of guanidine groups is 1. The zero-order chi connectivity index (χ0) is 21.2. The number of carbonyl (C=O) groups excluding carboxylic acids is 1. The molecular weight excluding hydrogens is 509 g/mol. The van der Waals surface area contributed by atoms with Gasteiger partial charge < -0.3 is 16.0 Å². The Morgan fingerprint density at radius 3 is 2.63 bits per heavy atom. The van der Waals surface area contributed by atoms with Crippen LogP contribution in [0.5, 0.6) is 0 Å². The van der Waals surface area contributed by atoms with E-state index in [1.165, 1.54) is 4.88 Å². The van der Waals surface area contributed by atoms with E-state index < -0.39 is 0 Å². The maximum atomic E-state index is 12.0. The molecule has 30 heavy (non-hydrogen) atoms. The van der Waals surface area contributed by atoms with Crippen LogP contribution in [0.15, 0.2) is 29.3 Å². The molecule has 1 aromatic heterocycles. The average Bonchev–Trinajstić information content (AvgIpc) is 2.97. The summed E-state index contributed by atoms with van der Waals surface area (Å²) in [7, 11) is 0. The van der Waals surface area contributed by atoms with Gasteiger partial charge in [0.15, 0.2) is 5.96 Å². The number of nitrogens with one attached hydrogen (secondary N) is 3. The molecule has 0 fully saturated rings. The lowest BCUT2D eigenvalue weighted by Gasteiger charge is -2.11. The summed E-state index contributed by atoms with van der Waals surface area (Å²) in [6.07, 6.45) is 1.40. The number of rotatable bonds is 9. The van der Waals surface area contributed by atoms with Gasteiger partial charge in [0.1, 0.15) is 0 Å². The Hall–Kier alpha value is -1.68. The average molecular weight is 544 g/mol. The molecule has 0 saturated heterocycles. The summed E-state index contributed by atoms with van der Waals surface area (Å²) >= 11 is 1.75. The second-order valence-corrected chi connectivity index (χ2v) is 8.76. The van der Waals surface area contributed by atoms with Gasteiger partial charge >= 0.3 is 0 Å². The molecule has 166 valence electrons. The Balaban J connectivity index is 0.00000450. The van der Waals surface area contributed by atoms with Crippen molar-refractivity contribution in [1.29, 1.82) is 0 Å². The van der Waals surface area contributed by atoms with Crippen molar-refractivity contribution in [1.82, 2.24) is 15.6 Å². The number of benzene rings is 1. The molecule has 1 heterocycles. The SMILES string of the molecule is CCNC(=NCc1cccc(NC(=O)CC(C)C)c1)NCCc1nc(C)c(C)s1.I. The molecule has 1 amide bonds. The Labute approximate surface area is 201 Å². The molecular formula is C22H34IN5OS. The highest BCUT2D eigenvalue weighted by Gasteiger charge is 2.06. The minimum Gasteiger partial charge on any atom is -0.357 e. The number of aliphatic imine (C=N–C) groups is 1. The number of anilines is 1. The number of aryl methyl sites for hydroxylation is 2. The number of carbonyl (C=O) groups is 1. The third-order valence-electron chi connectivity index (χ3n) is 4.27. The van der Waals surface area contributed by atoms with Crippen LogP contribution in [0.25, 0.3) is 0 Å². The lowest BCUT2D eigenvalue weighted by Crippen LogP contribution is -2.38. The fourth-order valence-corrected chi connectivity index (χ4v) is 3.71. The minimum atomic E-state index is 0. The molecule has 1 aromatic carbocycles. The first-order chi connectivity index (χ1) is 13.9. The summed E-state index contributed by atoms with van der Waals surface area (Å²) < 4.78 is 0. The topological polar surface area (TPSA) is 78.4 Å². The largest absolute Gasteiger partial charge is 0.357 e. The molecule has 0 saturated carbocycles. The van der Waals surface area contributed by atoms with E-state index >= 15 is 0 Å². The van der Waals surface area contributed by atoms with Gasteiger partial charge in [0.25, 0.3) is 0 Å². The smallest absolute Gasteiger partial charge is 0.224 e. The van der Waals surface area contributed by atoms with Crippen LogP contribution in [0.1, 0.15) is 48.3 Å². The molecule has 0 aliphatic heterocycles. The first-order valence-corrected chi connectivity index (χ1v) is 11.0. The summed E-state index contributed by atoms with van der Waals surface area (Å²) in [6.45, 7) is 12.4. The van der Waals surface area contributed by atoms with Crippen molar-refractivity contribution in [3.63, 3.8) is 0 Å². The molecule has 0 unspecified atom stereocenters. The van der Waals surface area contributed by atoms with Crippen molar-refractivity contribution in [3.05, 3.63) is 45.4 Å². The molecule has 0 spiro atoms. The Bertz CT molecular complexity index is 815. The first kappa shape index (κ1) is 26.4. The van der Waals surface area contributed by atoms with Crippen molar-refractivity contribution >= 4 is 52.9 Å². The predicted octanol–water partition coefficient (Wildman–Crippen LogP) is 4.66. The summed E-state index contributed by atoms with van der Waals surface area (Å²) in [6, 6.07) is 7.86. The lowest BCUT2D eigenvalue weighted by atomic mass is 10.1. The van der Waals surface area contributed by atoms with E-state index in [4.69, 9.17) is 0 Å². The maximum absolute atomic E-state index is 12.0. The van der Waals surface area contributed by atoms with Crippen LogP contribution >= 0.6 is 35.3 Å². The zero-order valence-corrected chi connectivity index (χ0v) is 21.7. The number of amides is 1. The van der Waals surface area contributed by atoms with Crippen LogP contribution in [-0.2, 0) is 17.8 Å². The van der Waals surface area contributed by atoms with Crippen molar-refractivity contribution in [2.75, 3.05) is 18.4 Å². The van der Waals surface area contributed by atoms with Gasteiger partial charge in [-0.25, -0.2) is 9.98 Å². The normalized spacial score (nSPS) is 11.2. The molecule has 2 aromatic rings. The van der Waals surface area contributed by atoms with Gasteiger partial charge in [-0.3, -0.25) is 4.79 Å². The Morgan fingerprint density at radius 1 is 1.23 bits per heavy atom. The Morgan fingerprint density at radius 2 is 2.00 bits per heavy atom. The highest BCUT2D eigenvalue weighted by molar-refractivity contribution is 14.0. The highest BCUT2D eigenvalue weighted by atomic mass is 127. The summed E-state index contributed by atoms with van der Waals surface area (Å²) in [5.41, 5.74) is 2.98. The molecule has 0 aliphatic rings. The fraction of sp³-hybridized carbons (Fsp3) is 0.500. The van der Waals surface area contributed by atoms with E-state index in [1.807, 2.05) is 45.0 Å². The van der Waals surface area contributed by atoms with Gasteiger partial charge in [0.05, 0.1) is 17.2 Å². The molecule has 8 heteroatoms. The van der Waals surface area contributed by atoms with Gasteiger partial charge in [-0.1, -0.05) is 26.0 Å². The van der Waals surface area contributed by atoms with E-state index in [0.717, 1.165) is 47.4 Å². The number of aromatic nitrogens is 1. The van der Waals surface area contributed by atoms with E-state index in [0.29, 0.717) is 18.9 Å². The van der Waals surface area contributed by atoms with Crippen molar-refractivity contribution < 1.29 is 4.79 Å². The van der Waals surface area contributed by atoms with Crippen molar-refractivity contribution in [2.24, 2.45) is 10.9 Å². The second-order valence-electron chi connectivity index (χ2n) is 7.47. The Kier molecular flexibility index (Phi) is 11.9. The molecule has 2 rings (SSSR count). The standard InChI is InChI=1S/C22H33N5OS.HI/c1-6-23-22(24-11-10-21-26-16(4)17(5)29-21)25-14-18-8-7-9-19(13-18)27-20(28)12-15(2)3;/h7-9,13,15H,6,10-12,14H2,1-5H3,(H,27,28)(H2,23,24,25);1H. The van der Waals surface area contributed by atoms with Gasteiger partial charge in [0.2, 0.25) is 5.91 Å². The molecule has 3 N–H and O–H groups in total. The van der Waals surface area contributed by atoms with Crippen molar-refractivity contribution in [2.45, 2.75) is 54.0 Å². The highest BCUT2D eigenvalue weighted by Crippen LogP contribution is 2.16. The lowest BCUT2D eigenvalue weighted by molar-refractivity contribution is -0.116. The number of hydrogen-bond donors (Lipinski definition) is 3. The molecule has 0 aliphatic carbocycles. The summed E-state index contributed by atoms with van der Waals surface area (Å²) in [5, 5.41) is 10.8. The molecule has 0 atom stereocenters. The van der Waals surface area contributed by atoms with Crippen LogP contribution in [0.4, 0.5) is 5.69 Å². The predicted molar refractivity (Wildman–Crippen MR) is 138 cm³/mol. The molecule has 0 radical (unpaired) electrons. The number of nitrogens with zero attached hydrogens (tertiary/aromatic N) is 2. The fourth-order valence-electron chi connectivity index (χ4n) is 2.78. The van der Waals surface area contributed by atoms with Crippen LogP contribution in [-0.4, -0.2) is 29.9 Å². The third kappa shape index (κ3) is 9.42.